The van der Waals surface area contributed by atoms with Crippen molar-refractivity contribution >= 4 is 22.5 Å². The highest BCUT2D eigenvalue weighted by Gasteiger charge is 2.28. The van der Waals surface area contributed by atoms with Gasteiger partial charge in [-0.2, -0.15) is 13.2 Å². The van der Waals surface area contributed by atoms with E-state index in [2.05, 4.69) is 24.9 Å². The molecule has 0 fully saturated rings. The van der Waals surface area contributed by atoms with E-state index in [0.29, 0.717) is 29.5 Å². The monoisotopic (exact) mass is 452 g/mol. The maximum absolute atomic E-state index is 12.5. The molecule has 0 amide bonds. The Kier molecular flexibility index (Phi) is 7.51. The average molecular weight is 453 g/mol. The lowest BCUT2D eigenvalue weighted by molar-refractivity contribution is -0.153. The normalized spacial score (nSPS) is 14.9. The van der Waals surface area contributed by atoms with E-state index < -0.39 is 12.8 Å². The van der Waals surface area contributed by atoms with Gasteiger partial charge >= 0.3 is 6.18 Å². The molecule has 0 N–H and O–H groups in total. The first-order valence-electron chi connectivity index (χ1n) is 10.3. The minimum Gasteiger partial charge on any atom is -0.493 e. The van der Waals surface area contributed by atoms with Crippen LogP contribution in [-0.4, -0.2) is 29.4 Å². The number of hydrogen-bond donors (Lipinski definition) is 0. The van der Waals surface area contributed by atoms with Gasteiger partial charge in [0.1, 0.15) is 11.5 Å². The van der Waals surface area contributed by atoms with Gasteiger partial charge in [0, 0.05) is 30.0 Å². The number of halogens is 3. The number of aromatic nitrogens is 1. The third-order valence-electron chi connectivity index (χ3n) is 5.33. The summed E-state index contributed by atoms with van der Waals surface area (Å²) in [5.41, 5.74) is 4.64. The number of aliphatic imine (C=N–C) groups is 1. The molecule has 0 saturated heterocycles. The van der Waals surface area contributed by atoms with Crippen LogP contribution in [0.25, 0.3) is 0 Å². The van der Waals surface area contributed by atoms with Gasteiger partial charge in [-0.25, -0.2) is 4.99 Å². The van der Waals surface area contributed by atoms with Crippen molar-refractivity contribution in [2.24, 2.45) is 4.99 Å². The quantitative estimate of drug-likeness (QED) is 0.344. The summed E-state index contributed by atoms with van der Waals surface area (Å²) in [6, 6.07) is 5.68. The van der Waals surface area contributed by atoms with Crippen LogP contribution in [-0.2, 0) is 12.2 Å². The first-order valence-corrected chi connectivity index (χ1v) is 11.3. The molecule has 8 heteroatoms. The smallest absolute Gasteiger partial charge is 0.422 e. The summed E-state index contributed by atoms with van der Waals surface area (Å²) in [5, 5.41) is 0.852. The van der Waals surface area contributed by atoms with Crippen molar-refractivity contribution in [1.82, 2.24) is 4.98 Å². The fraction of sp³-hybridized carbons (Fsp3) is 0.478. The first kappa shape index (κ1) is 23.4. The highest BCUT2D eigenvalue weighted by Crippen LogP contribution is 2.38. The molecule has 1 aromatic heterocycles. The second-order valence-corrected chi connectivity index (χ2v) is 8.80. The van der Waals surface area contributed by atoms with E-state index in [-0.39, 0.29) is 5.75 Å². The van der Waals surface area contributed by atoms with Crippen LogP contribution in [0.5, 0.6) is 11.5 Å². The fourth-order valence-corrected chi connectivity index (χ4v) is 4.14. The molecule has 3 rings (SSSR count). The third-order valence-corrected chi connectivity index (χ3v) is 6.25. The zero-order chi connectivity index (χ0) is 22.6. The van der Waals surface area contributed by atoms with Gasteiger partial charge in [0.15, 0.2) is 6.61 Å². The molecule has 168 valence electrons. The Morgan fingerprint density at radius 1 is 1.35 bits per heavy atom. The van der Waals surface area contributed by atoms with E-state index in [1.165, 1.54) is 35.2 Å². The lowest BCUT2D eigenvalue weighted by Crippen LogP contribution is -2.19. The molecule has 4 nitrogen and oxygen atoms in total. The first-order chi connectivity index (χ1) is 14.7. The van der Waals surface area contributed by atoms with Crippen molar-refractivity contribution in [2.45, 2.75) is 58.4 Å². The van der Waals surface area contributed by atoms with Crippen LogP contribution in [0.1, 0.15) is 55.5 Å². The molecule has 1 atom stereocenters. The van der Waals surface area contributed by atoms with E-state index in [1.54, 1.807) is 6.92 Å². The van der Waals surface area contributed by atoms with Crippen molar-refractivity contribution < 1.29 is 22.6 Å². The molecule has 1 aliphatic heterocycles. The molecule has 1 aromatic carbocycles. The fourth-order valence-electron chi connectivity index (χ4n) is 3.34. The van der Waals surface area contributed by atoms with Crippen molar-refractivity contribution in [3.8, 4) is 11.5 Å². The van der Waals surface area contributed by atoms with Gasteiger partial charge in [-0.15, -0.1) is 11.8 Å². The highest BCUT2D eigenvalue weighted by molar-refractivity contribution is 8.13. The molecule has 1 aliphatic rings. The number of benzene rings is 1. The molecular formula is C23H27F3N2O2S. The zero-order valence-corrected chi connectivity index (χ0v) is 19.0. The van der Waals surface area contributed by atoms with E-state index in [4.69, 9.17) is 14.5 Å². The van der Waals surface area contributed by atoms with Gasteiger partial charge in [0.05, 0.1) is 23.0 Å². The van der Waals surface area contributed by atoms with Gasteiger partial charge in [0.25, 0.3) is 0 Å². The number of rotatable bonds is 7. The van der Waals surface area contributed by atoms with Gasteiger partial charge in [-0.05, 0) is 49.4 Å². The number of fused-ring (bicyclic) bond motifs is 1. The van der Waals surface area contributed by atoms with Gasteiger partial charge in [0.2, 0.25) is 0 Å². The Morgan fingerprint density at radius 2 is 2.13 bits per heavy atom. The molecule has 0 aliphatic carbocycles. The van der Waals surface area contributed by atoms with Crippen LogP contribution in [0.15, 0.2) is 29.4 Å². The van der Waals surface area contributed by atoms with Crippen LogP contribution in [0.4, 0.5) is 18.9 Å². The van der Waals surface area contributed by atoms with Crippen LogP contribution in [0, 0.1) is 6.92 Å². The summed E-state index contributed by atoms with van der Waals surface area (Å²) in [5.74, 6) is 1.97. The summed E-state index contributed by atoms with van der Waals surface area (Å²) in [7, 11) is 0. The average Bonchev–Trinajstić information content (AvgIpc) is 3.17. The number of ether oxygens (including phenoxy) is 2. The molecule has 0 spiro atoms. The zero-order valence-electron chi connectivity index (χ0n) is 18.2. The van der Waals surface area contributed by atoms with Gasteiger partial charge in [-0.1, -0.05) is 13.8 Å². The van der Waals surface area contributed by atoms with E-state index in [1.807, 2.05) is 13.0 Å². The van der Waals surface area contributed by atoms with Crippen LogP contribution in [0.2, 0.25) is 0 Å². The largest absolute Gasteiger partial charge is 0.493 e. The molecule has 0 bridgehead atoms. The van der Waals surface area contributed by atoms with Gasteiger partial charge < -0.3 is 9.47 Å². The summed E-state index contributed by atoms with van der Waals surface area (Å²) >= 11 is 1.50. The highest BCUT2D eigenvalue weighted by atomic mass is 32.2. The SMILES string of the molecule is CCC(C)c1cc2c(cc1N=C(C)SCc1nccc(OCC(F)(F)F)c1C)OCC2. The molecule has 1 unspecified atom stereocenters. The third kappa shape index (κ3) is 6.15. The molecule has 2 heterocycles. The topological polar surface area (TPSA) is 43.7 Å². The maximum Gasteiger partial charge on any atom is 0.422 e. The van der Waals surface area contributed by atoms with Crippen LogP contribution >= 0.6 is 11.8 Å². The number of hydrogen-bond acceptors (Lipinski definition) is 5. The van der Waals surface area contributed by atoms with Crippen molar-refractivity contribution in [3.63, 3.8) is 0 Å². The summed E-state index contributed by atoms with van der Waals surface area (Å²) in [6.07, 6.45) is -0.961. The Labute approximate surface area is 185 Å². The summed E-state index contributed by atoms with van der Waals surface area (Å²) < 4.78 is 48.0. The van der Waals surface area contributed by atoms with E-state index >= 15 is 0 Å². The number of thioether (sulfide) groups is 1. The number of pyridine rings is 1. The van der Waals surface area contributed by atoms with E-state index in [0.717, 1.165) is 29.3 Å². The Balaban J connectivity index is 1.75. The summed E-state index contributed by atoms with van der Waals surface area (Å²) in [6.45, 7) is 7.39. The van der Waals surface area contributed by atoms with Gasteiger partial charge in [-0.3, -0.25) is 4.98 Å². The predicted octanol–water partition coefficient (Wildman–Crippen LogP) is 6.76. The standard InChI is InChI=1S/C23H27F3N2O2S/c1-5-14(2)18-10-17-7-9-29-22(17)11-19(18)28-16(4)31-12-20-15(3)21(6-8-27-20)30-13-23(24,25)26/h6,8,10-11,14H,5,7,9,12-13H2,1-4H3. The number of alkyl halides is 3. The summed E-state index contributed by atoms with van der Waals surface area (Å²) in [4.78, 5) is 9.14. The minimum absolute atomic E-state index is 0.201. The predicted molar refractivity (Wildman–Crippen MR) is 119 cm³/mol. The number of nitrogens with zero attached hydrogens (tertiary/aromatic N) is 2. The second kappa shape index (κ2) is 9.94. The minimum atomic E-state index is -4.37. The lowest BCUT2D eigenvalue weighted by atomic mass is 9.94. The second-order valence-electron chi connectivity index (χ2n) is 7.63. The van der Waals surface area contributed by atoms with Crippen molar-refractivity contribution in [2.75, 3.05) is 13.2 Å². The van der Waals surface area contributed by atoms with Crippen LogP contribution < -0.4 is 9.47 Å². The van der Waals surface area contributed by atoms with Crippen LogP contribution in [0.3, 0.4) is 0 Å². The van der Waals surface area contributed by atoms with Crippen molar-refractivity contribution in [3.05, 3.63) is 46.8 Å². The maximum atomic E-state index is 12.5. The lowest BCUT2D eigenvalue weighted by Gasteiger charge is -2.15. The van der Waals surface area contributed by atoms with E-state index in [9.17, 15) is 13.2 Å². The van der Waals surface area contributed by atoms with Crippen molar-refractivity contribution in [1.29, 1.82) is 0 Å². The molecular weight excluding hydrogens is 425 g/mol. The Bertz CT molecular complexity index is 961. The molecule has 0 radical (unpaired) electrons. The molecule has 2 aromatic rings. The molecule has 31 heavy (non-hydrogen) atoms. The molecule has 0 saturated carbocycles. The Hall–Kier alpha value is -2.22. The Morgan fingerprint density at radius 3 is 2.84 bits per heavy atom.